The Morgan fingerprint density at radius 3 is 1.28 bits per heavy atom. The second kappa shape index (κ2) is 9.92. The van der Waals surface area contributed by atoms with Gasteiger partial charge in [-0.1, -0.05) is 38.5 Å². The van der Waals surface area contributed by atoms with Crippen LogP contribution in [0.1, 0.15) is 64.2 Å². The molecule has 0 aromatic rings. The van der Waals surface area contributed by atoms with Crippen molar-refractivity contribution in [3.63, 3.8) is 0 Å². The third kappa shape index (κ3) is 8.09. The van der Waals surface area contributed by atoms with Gasteiger partial charge in [-0.3, -0.25) is 9.59 Å². The largest absolute Gasteiger partial charge is 0.466 e. The molecule has 0 amide bonds. The molecular formula is C14H24O4. The number of cyclic esters (lactones) is 2. The molecule has 0 atom stereocenters. The van der Waals surface area contributed by atoms with Crippen LogP contribution in [0.15, 0.2) is 0 Å². The second-order valence-electron chi connectivity index (χ2n) is 4.77. The summed E-state index contributed by atoms with van der Waals surface area (Å²) in [5, 5.41) is 0. The Balaban J connectivity index is 2.23. The lowest BCUT2D eigenvalue weighted by atomic mass is 10.1. The molecule has 4 heteroatoms. The monoisotopic (exact) mass is 256 g/mol. The Morgan fingerprint density at radius 1 is 0.556 bits per heavy atom. The fourth-order valence-corrected chi connectivity index (χ4v) is 1.99. The number of esters is 2. The zero-order chi connectivity index (χ0) is 13.1. The molecule has 0 radical (unpaired) electrons. The first-order valence-electron chi connectivity index (χ1n) is 7.10. The Labute approximate surface area is 109 Å². The van der Waals surface area contributed by atoms with Gasteiger partial charge in [0, 0.05) is 0 Å². The van der Waals surface area contributed by atoms with E-state index in [1.54, 1.807) is 0 Å². The van der Waals surface area contributed by atoms with Gasteiger partial charge in [0.05, 0.1) is 26.1 Å². The number of hydrogen-bond acceptors (Lipinski definition) is 4. The van der Waals surface area contributed by atoms with Crippen molar-refractivity contribution in [1.29, 1.82) is 0 Å². The minimum Gasteiger partial charge on any atom is -0.466 e. The van der Waals surface area contributed by atoms with E-state index in [0.29, 0.717) is 13.2 Å². The number of rotatable bonds is 0. The van der Waals surface area contributed by atoms with Crippen molar-refractivity contribution in [2.75, 3.05) is 13.2 Å². The van der Waals surface area contributed by atoms with Gasteiger partial charge in [0.15, 0.2) is 0 Å². The summed E-state index contributed by atoms with van der Waals surface area (Å²) in [4.78, 5) is 22.6. The van der Waals surface area contributed by atoms with E-state index in [2.05, 4.69) is 0 Å². The maximum Gasteiger partial charge on any atom is 0.306 e. The van der Waals surface area contributed by atoms with Gasteiger partial charge in [-0.25, -0.2) is 0 Å². The lowest BCUT2D eigenvalue weighted by Crippen LogP contribution is -2.11. The minimum atomic E-state index is -0.293. The van der Waals surface area contributed by atoms with E-state index in [9.17, 15) is 9.59 Å². The molecule has 18 heavy (non-hydrogen) atoms. The lowest BCUT2D eigenvalue weighted by Gasteiger charge is -2.07. The molecule has 0 aliphatic carbocycles. The third-order valence-electron chi connectivity index (χ3n) is 3.10. The average molecular weight is 256 g/mol. The molecule has 0 spiro atoms. The summed E-state index contributed by atoms with van der Waals surface area (Å²) in [5.74, 6) is -0.585. The van der Waals surface area contributed by atoms with Crippen molar-refractivity contribution in [1.82, 2.24) is 0 Å². The highest BCUT2D eigenvalue weighted by Gasteiger charge is 2.09. The van der Waals surface area contributed by atoms with Gasteiger partial charge in [0.25, 0.3) is 0 Å². The summed E-state index contributed by atoms with van der Waals surface area (Å²) < 4.78 is 10.1. The van der Waals surface area contributed by atoms with Crippen LogP contribution in [-0.4, -0.2) is 25.2 Å². The first-order valence-corrected chi connectivity index (χ1v) is 7.10. The number of ether oxygens (including phenoxy) is 2. The summed E-state index contributed by atoms with van der Waals surface area (Å²) in [5.41, 5.74) is 0. The highest BCUT2D eigenvalue weighted by Crippen LogP contribution is 2.09. The maximum atomic E-state index is 11.3. The molecule has 104 valence electrons. The van der Waals surface area contributed by atoms with Gasteiger partial charge in [0.2, 0.25) is 0 Å². The molecule has 1 heterocycles. The van der Waals surface area contributed by atoms with E-state index in [1.165, 1.54) is 25.7 Å². The maximum absolute atomic E-state index is 11.3. The molecular weight excluding hydrogens is 232 g/mol. The van der Waals surface area contributed by atoms with Gasteiger partial charge in [-0.2, -0.15) is 0 Å². The van der Waals surface area contributed by atoms with Crippen LogP contribution in [0, 0.1) is 0 Å². The van der Waals surface area contributed by atoms with Crippen molar-refractivity contribution < 1.29 is 19.1 Å². The van der Waals surface area contributed by atoms with Gasteiger partial charge in [-0.15, -0.1) is 0 Å². The summed E-state index contributed by atoms with van der Waals surface area (Å²) in [6.07, 6.45) is 9.29. The molecule has 1 saturated heterocycles. The highest BCUT2D eigenvalue weighted by atomic mass is 16.5. The molecule has 1 aliphatic heterocycles. The molecule has 0 aromatic heterocycles. The van der Waals surface area contributed by atoms with Crippen molar-refractivity contribution in [2.45, 2.75) is 64.2 Å². The van der Waals surface area contributed by atoms with E-state index in [-0.39, 0.29) is 24.8 Å². The molecule has 1 rings (SSSR count). The molecule has 0 aromatic carbocycles. The molecule has 1 fully saturated rings. The van der Waals surface area contributed by atoms with Gasteiger partial charge in [-0.05, 0) is 12.8 Å². The van der Waals surface area contributed by atoms with Crippen LogP contribution in [0.25, 0.3) is 0 Å². The van der Waals surface area contributed by atoms with Crippen LogP contribution in [-0.2, 0) is 19.1 Å². The normalized spacial score (nSPS) is 22.0. The van der Waals surface area contributed by atoms with E-state index in [1.807, 2.05) is 0 Å². The van der Waals surface area contributed by atoms with Gasteiger partial charge < -0.3 is 9.47 Å². The van der Waals surface area contributed by atoms with Gasteiger partial charge >= 0.3 is 11.9 Å². The molecule has 4 nitrogen and oxygen atoms in total. The first-order chi connectivity index (χ1) is 8.79. The summed E-state index contributed by atoms with van der Waals surface area (Å²) in [7, 11) is 0. The van der Waals surface area contributed by atoms with Crippen molar-refractivity contribution in [2.24, 2.45) is 0 Å². The standard InChI is InChI=1S/C14H24O4/c15-13-9-10-14(16)18-12-8-6-4-2-1-3-5-7-11-17-13/h1-12H2. The van der Waals surface area contributed by atoms with Crippen molar-refractivity contribution in [3.05, 3.63) is 0 Å². The SMILES string of the molecule is O=C1CCC(=O)OCCCCCCCCCCO1. The van der Waals surface area contributed by atoms with E-state index in [4.69, 9.17) is 9.47 Å². The van der Waals surface area contributed by atoms with E-state index < -0.39 is 0 Å². The Hall–Kier alpha value is -1.06. The smallest absolute Gasteiger partial charge is 0.306 e. The van der Waals surface area contributed by atoms with Crippen molar-refractivity contribution in [3.8, 4) is 0 Å². The van der Waals surface area contributed by atoms with Gasteiger partial charge in [0.1, 0.15) is 0 Å². The molecule has 0 unspecified atom stereocenters. The Bertz CT molecular complexity index is 224. The fourth-order valence-electron chi connectivity index (χ4n) is 1.99. The van der Waals surface area contributed by atoms with Crippen LogP contribution in [0.3, 0.4) is 0 Å². The molecule has 0 bridgehead atoms. The first kappa shape index (κ1) is 15.0. The predicted molar refractivity (Wildman–Crippen MR) is 68.1 cm³/mol. The Kier molecular flexibility index (Phi) is 8.26. The average Bonchev–Trinajstić information content (AvgIpc) is 2.36. The van der Waals surface area contributed by atoms with Crippen LogP contribution >= 0.6 is 0 Å². The molecule has 1 aliphatic rings. The number of hydrogen-bond donors (Lipinski definition) is 0. The highest BCUT2D eigenvalue weighted by molar-refractivity contribution is 5.77. The van der Waals surface area contributed by atoms with Crippen LogP contribution in [0.2, 0.25) is 0 Å². The van der Waals surface area contributed by atoms with E-state index >= 15 is 0 Å². The minimum absolute atomic E-state index is 0.138. The second-order valence-corrected chi connectivity index (χ2v) is 4.77. The zero-order valence-corrected chi connectivity index (χ0v) is 11.1. The summed E-state index contributed by atoms with van der Waals surface area (Å²) in [6.45, 7) is 0.960. The fraction of sp³-hybridized carbons (Fsp3) is 0.857. The summed E-state index contributed by atoms with van der Waals surface area (Å²) >= 11 is 0. The van der Waals surface area contributed by atoms with Crippen LogP contribution in [0.4, 0.5) is 0 Å². The number of carbonyl (C=O) groups is 2. The van der Waals surface area contributed by atoms with E-state index in [0.717, 1.165) is 25.7 Å². The van der Waals surface area contributed by atoms with Crippen LogP contribution < -0.4 is 0 Å². The third-order valence-corrected chi connectivity index (χ3v) is 3.10. The molecule has 0 saturated carbocycles. The zero-order valence-electron chi connectivity index (χ0n) is 11.1. The van der Waals surface area contributed by atoms with Crippen molar-refractivity contribution >= 4 is 11.9 Å². The quantitative estimate of drug-likeness (QED) is 0.625. The topological polar surface area (TPSA) is 52.6 Å². The number of carbonyl (C=O) groups excluding carboxylic acids is 2. The lowest BCUT2D eigenvalue weighted by molar-refractivity contribution is -0.150. The molecule has 0 N–H and O–H groups in total. The Morgan fingerprint density at radius 2 is 0.889 bits per heavy atom. The predicted octanol–water partition coefficient (Wildman–Crippen LogP) is 2.99. The van der Waals surface area contributed by atoms with Crippen LogP contribution in [0.5, 0.6) is 0 Å². The summed E-state index contributed by atoms with van der Waals surface area (Å²) in [6, 6.07) is 0.